The highest BCUT2D eigenvalue weighted by Crippen LogP contribution is 2.41. The Balaban J connectivity index is 1.47. The largest absolute Gasteiger partial charge is 0.507 e. The zero-order valence-electron chi connectivity index (χ0n) is 20.7. The number of amides is 1. The number of aryl methyl sites for hydroxylation is 1. The number of aromatic nitrogens is 1. The number of likely N-dealkylation sites (tertiary alicyclic amines) is 1. The first kappa shape index (κ1) is 25.2. The van der Waals surface area contributed by atoms with Crippen LogP contribution in [0.4, 0.5) is 0 Å². The predicted octanol–water partition coefficient (Wildman–Crippen LogP) is 6.24. The second kappa shape index (κ2) is 10.9. The van der Waals surface area contributed by atoms with Crippen LogP contribution in [0.15, 0.2) is 103 Å². The van der Waals surface area contributed by atoms with Gasteiger partial charge in [0.15, 0.2) is 0 Å². The molecule has 4 aromatic rings. The third kappa shape index (κ3) is 5.31. The standard InChI is InChI=1S/C31H25ClN2O4/c1-20-4-2-5-22(16-20)19-38-26-10-8-23(9-11-26)29(35)27-28(24-6-3-7-25(32)17-24)34(31(37)30(27)36)18-21-12-14-33-15-13-21/h2-17,28,35H,18-19H2,1H3/t28-/m0/s1. The second-order valence-corrected chi connectivity index (χ2v) is 9.58. The van der Waals surface area contributed by atoms with Gasteiger partial charge in [0.25, 0.3) is 11.7 Å². The first-order chi connectivity index (χ1) is 18.4. The van der Waals surface area contributed by atoms with Crippen LogP contribution in [0.3, 0.4) is 0 Å². The van der Waals surface area contributed by atoms with Crippen molar-refractivity contribution in [3.63, 3.8) is 0 Å². The van der Waals surface area contributed by atoms with E-state index in [-0.39, 0.29) is 17.9 Å². The van der Waals surface area contributed by atoms with E-state index in [1.165, 1.54) is 4.90 Å². The van der Waals surface area contributed by atoms with Crippen molar-refractivity contribution in [1.82, 2.24) is 9.88 Å². The second-order valence-electron chi connectivity index (χ2n) is 9.14. The smallest absolute Gasteiger partial charge is 0.295 e. The number of pyridine rings is 1. The molecule has 1 fully saturated rings. The minimum absolute atomic E-state index is 0.0137. The number of nitrogens with zero attached hydrogens (tertiary/aromatic N) is 2. The van der Waals surface area contributed by atoms with Crippen LogP contribution >= 0.6 is 11.6 Å². The van der Waals surface area contributed by atoms with E-state index in [1.807, 2.05) is 25.1 Å². The van der Waals surface area contributed by atoms with Gasteiger partial charge in [-0.15, -0.1) is 0 Å². The molecule has 0 spiro atoms. The van der Waals surface area contributed by atoms with E-state index in [2.05, 4.69) is 11.1 Å². The Hall–Kier alpha value is -4.42. The van der Waals surface area contributed by atoms with Gasteiger partial charge in [-0.25, -0.2) is 0 Å². The minimum atomic E-state index is -0.806. The number of aliphatic hydroxyl groups excluding tert-OH is 1. The molecule has 0 saturated carbocycles. The van der Waals surface area contributed by atoms with Gasteiger partial charge in [0, 0.05) is 29.5 Å². The summed E-state index contributed by atoms with van der Waals surface area (Å²) in [7, 11) is 0. The van der Waals surface area contributed by atoms with Gasteiger partial charge in [0.05, 0.1) is 11.6 Å². The van der Waals surface area contributed by atoms with Crippen molar-refractivity contribution in [3.05, 3.63) is 136 Å². The van der Waals surface area contributed by atoms with Gasteiger partial charge in [-0.2, -0.15) is 0 Å². The Morgan fingerprint density at radius 3 is 2.39 bits per heavy atom. The third-order valence-electron chi connectivity index (χ3n) is 6.42. The van der Waals surface area contributed by atoms with E-state index in [0.717, 1.165) is 16.7 Å². The van der Waals surface area contributed by atoms with Crippen LogP contribution in [0.5, 0.6) is 5.75 Å². The quantitative estimate of drug-likeness (QED) is 0.176. The summed E-state index contributed by atoms with van der Waals surface area (Å²) in [5.41, 5.74) is 4.06. The lowest BCUT2D eigenvalue weighted by molar-refractivity contribution is -0.140. The first-order valence-corrected chi connectivity index (χ1v) is 12.5. The van der Waals surface area contributed by atoms with Gasteiger partial charge in [-0.1, -0.05) is 53.6 Å². The first-order valence-electron chi connectivity index (χ1n) is 12.1. The highest BCUT2D eigenvalue weighted by Gasteiger charge is 2.46. The van der Waals surface area contributed by atoms with E-state index < -0.39 is 17.7 Å². The summed E-state index contributed by atoms with van der Waals surface area (Å²) in [5, 5.41) is 11.8. The molecule has 0 bridgehead atoms. The number of carbonyl (C=O) groups excluding carboxylic acids is 2. The van der Waals surface area contributed by atoms with Crippen molar-refractivity contribution >= 4 is 29.1 Å². The van der Waals surface area contributed by atoms with Crippen molar-refractivity contribution in [2.24, 2.45) is 0 Å². The molecule has 1 N–H and O–H groups in total. The molecule has 5 rings (SSSR count). The molecule has 38 heavy (non-hydrogen) atoms. The molecule has 1 aromatic heterocycles. The van der Waals surface area contributed by atoms with Crippen molar-refractivity contribution < 1.29 is 19.4 Å². The SMILES string of the molecule is Cc1cccc(COc2ccc(C(O)=C3C(=O)C(=O)N(Cc4ccncc4)[C@H]3c3cccc(Cl)c3)cc2)c1. The molecule has 1 aliphatic heterocycles. The molecule has 3 aromatic carbocycles. The molecule has 0 unspecified atom stereocenters. The topological polar surface area (TPSA) is 79.7 Å². The zero-order valence-corrected chi connectivity index (χ0v) is 21.4. The van der Waals surface area contributed by atoms with Crippen molar-refractivity contribution in [1.29, 1.82) is 0 Å². The maximum Gasteiger partial charge on any atom is 0.295 e. The highest BCUT2D eigenvalue weighted by atomic mass is 35.5. The molecule has 6 nitrogen and oxygen atoms in total. The average molecular weight is 525 g/mol. The van der Waals surface area contributed by atoms with E-state index >= 15 is 0 Å². The molecule has 1 aliphatic rings. The van der Waals surface area contributed by atoms with Gasteiger partial charge in [-0.05, 0) is 72.1 Å². The van der Waals surface area contributed by atoms with E-state index in [1.54, 1.807) is 73.1 Å². The van der Waals surface area contributed by atoms with Crippen LogP contribution < -0.4 is 4.74 Å². The number of ether oxygens (including phenoxy) is 1. The van der Waals surface area contributed by atoms with Crippen LogP contribution in [-0.2, 0) is 22.7 Å². The molecule has 1 atom stereocenters. The van der Waals surface area contributed by atoms with E-state index in [0.29, 0.717) is 28.5 Å². The Kier molecular flexibility index (Phi) is 7.24. The number of halogens is 1. The van der Waals surface area contributed by atoms with Crippen LogP contribution in [0.25, 0.3) is 5.76 Å². The fourth-order valence-corrected chi connectivity index (χ4v) is 4.78. The van der Waals surface area contributed by atoms with Crippen molar-refractivity contribution in [2.45, 2.75) is 26.1 Å². The van der Waals surface area contributed by atoms with Crippen LogP contribution in [0.2, 0.25) is 5.02 Å². The lowest BCUT2D eigenvalue weighted by Gasteiger charge is -2.25. The lowest BCUT2D eigenvalue weighted by Crippen LogP contribution is -2.29. The molecule has 7 heteroatoms. The van der Waals surface area contributed by atoms with Gasteiger partial charge >= 0.3 is 0 Å². The Morgan fingerprint density at radius 2 is 1.68 bits per heavy atom. The number of hydrogen-bond donors (Lipinski definition) is 1. The Morgan fingerprint density at radius 1 is 0.947 bits per heavy atom. The third-order valence-corrected chi connectivity index (χ3v) is 6.66. The molecule has 2 heterocycles. The summed E-state index contributed by atoms with van der Waals surface area (Å²) < 4.78 is 5.89. The minimum Gasteiger partial charge on any atom is -0.507 e. The number of ketones is 1. The summed E-state index contributed by atoms with van der Waals surface area (Å²) in [4.78, 5) is 31.9. The fourth-order valence-electron chi connectivity index (χ4n) is 4.58. The Labute approximate surface area is 225 Å². The van der Waals surface area contributed by atoms with Crippen LogP contribution in [0.1, 0.15) is 33.9 Å². The van der Waals surface area contributed by atoms with Gasteiger partial charge in [0.1, 0.15) is 18.1 Å². The maximum atomic E-state index is 13.3. The number of carbonyl (C=O) groups is 2. The van der Waals surface area contributed by atoms with Gasteiger partial charge in [-0.3, -0.25) is 14.6 Å². The molecular weight excluding hydrogens is 500 g/mol. The number of aliphatic hydroxyl groups is 1. The summed E-state index contributed by atoms with van der Waals surface area (Å²) >= 11 is 6.26. The van der Waals surface area contributed by atoms with Crippen molar-refractivity contribution in [3.8, 4) is 5.75 Å². The Bertz CT molecular complexity index is 1520. The molecular formula is C31H25ClN2O4. The molecule has 0 aliphatic carbocycles. The lowest BCUT2D eigenvalue weighted by atomic mass is 9.95. The maximum absolute atomic E-state index is 13.3. The normalized spacial score (nSPS) is 16.6. The number of benzene rings is 3. The predicted molar refractivity (Wildman–Crippen MR) is 145 cm³/mol. The number of Topliss-reactive ketones (excluding diaryl/α,β-unsaturated/α-hetero) is 1. The van der Waals surface area contributed by atoms with E-state index in [4.69, 9.17) is 16.3 Å². The highest BCUT2D eigenvalue weighted by molar-refractivity contribution is 6.46. The van der Waals surface area contributed by atoms with Gasteiger partial charge in [0.2, 0.25) is 0 Å². The monoisotopic (exact) mass is 524 g/mol. The fraction of sp³-hybridized carbons (Fsp3) is 0.129. The molecule has 190 valence electrons. The summed E-state index contributed by atoms with van der Waals surface area (Å²) in [5.74, 6) is -1.07. The molecule has 1 saturated heterocycles. The van der Waals surface area contributed by atoms with E-state index in [9.17, 15) is 14.7 Å². The average Bonchev–Trinajstić information content (AvgIpc) is 3.17. The number of hydrogen-bond acceptors (Lipinski definition) is 5. The zero-order chi connectivity index (χ0) is 26.6. The van der Waals surface area contributed by atoms with Gasteiger partial charge < -0.3 is 14.7 Å². The van der Waals surface area contributed by atoms with Crippen LogP contribution in [-0.4, -0.2) is 26.7 Å². The summed E-state index contributed by atoms with van der Waals surface area (Å²) in [6.45, 7) is 2.60. The molecule has 1 amide bonds. The van der Waals surface area contributed by atoms with Crippen LogP contribution in [0, 0.1) is 6.92 Å². The summed E-state index contributed by atoms with van der Waals surface area (Å²) in [6.07, 6.45) is 3.26. The summed E-state index contributed by atoms with van der Waals surface area (Å²) in [6, 6.07) is 24.6. The molecule has 0 radical (unpaired) electrons. The number of rotatable bonds is 7. The van der Waals surface area contributed by atoms with Crippen molar-refractivity contribution in [2.75, 3.05) is 0 Å².